The first-order valence-electron chi connectivity index (χ1n) is 11.8. The molecule has 1 aliphatic heterocycles. The molecule has 1 saturated heterocycles. The number of carbonyl (C=O) groups is 2. The molecule has 4 N–H and O–H groups in total. The molecule has 7 atom stereocenters. The molecule has 2 heterocycles. The summed E-state index contributed by atoms with van der Waals surface area (Å²) >= 11 is 6.03. The Labute approximate surface area is 223 Å². The van der Waals surface area contributed by atoms with Gasteiger partial charge in [0.1, 0.15) is 55.5 Å². The van der Waals surface area contributed by atoms with Crippen LogP contribution in [-0.2, 0) is 35.8 Å². The second-order valence-corrected chi connectivity index (χ2v) is 9.48. The smallest absolute Gasteiger partial charge is 0.317 e. The van der Waals surface area contributed by atoms with Gasteiger partial charge in [-0.2, -0.15) is 10.4 Å². The summed E-state index contributed by atoms with van der Waals surface area (Å²) in [6.45, 7) is 1.33. The van der Waals surface area contributed by atoms with Gasteiger partial charge in [0, 0.05) is 5.02 Å². The van der Waals surface area contributed by atoms with Gasteiger partial charge in [-0.15, -0.1) is 0 Å². The number of carbonyl (C=O) groups excluding carboxylic acids is 1. The van der Waals surface area contributed by atoms with Gasteiger partial charge in [-0.25, -0.2) is 4.98 Å². The fourth-order valence-electron chi connectivity index (χ4n) is 4.09. The molecule has 3 rings (SSSR count). The number of nitrogens with zero attached hydrogens (tertiary/aromatic N) is 4. The summed E-state index contributed by atoms with van der Waals surface area (Å²) in [7, 11) is 0. The maximum Gasteiger partial charge on any atom is 0.317 e. The lowest BCUT2D eigenvalue weighted by molar-refractivity contribution is -0.311. The minimum atomic E-state index is -1.68. The fraction of sp³-hybridized carbons (Fsp3) is 0.542. The third kappa shape index (κ3) is 7.47. The quantitative estimate of drug-likeness (QED) is 0.209. The predicted molar refractivity (Wildman–Crippen MR) is 128 cm³/mol. The molecule has 0 spiro atoms. The first kappa shape index (κ1) is 29.4. The first-order chi connectivity index (χ1) is 18.0. The number of benzene rings is 1. The monoisotopic (exact) mass is 552 g/mol. The summed E-state index contributed by atoms with van der Waals surface area (Å²) in [5.41, 5.74) is -0.318. The van der Waals surface area contributed by atoms with E-state index in [1.54, 1.807) is 35.9 Å². The lowest BCUT2D eigenvalue weighted by Gasteiger charge is -2.41. The van der Waals surface area contributed by atoms with Crippen LogP contribution in [-0.4, -0.2) is 90.5 Å². The first-order valence-corrected chi connectivity index (χ1v) is 12.1. The molecule has 1 aromatic heterocycles. The van der Waals surface area contributed by atoms with E-state index in [2.05, 4.69) is 16.2 Å². The van der Waals surface area contributed by atoms with E-state index in [1.165, 1.54) is 12.7 Å². The number of carboxylic acids is 1. The van der Waals surface area contributed by atoms with Gasteiger partial charge >= 0.3 is 11.9 Å². The average Bonchev–Trinajstić information content (AvgIpc) is 3.39. The maximum absolute atomic E-state index is 11.5. The number of hydrogen-bond acceptors (Lipinski definition) is 11. The number of aliphatic carboxylic acids is 1. The lowest BCUT2D eigenvalue weighted by Crippen LogP contribution is -2.59. The lowest BCUT2D eigenvalue weighted by atomic mass is 9.77. The summed E-state index contributed by atoms with van der Waals surface area (Å²) in [5.74, 6) is -2.44. The summed E-state index contributed by atoms with van der Waals surface area (Å²) in [6.07, 6.45) is -5.57. The molecule has 0 radical (unpaired) electrons. The van der Waals surface area contributed by atoms with Crippen LogP contribution in [0.5, 0.6) is 0 Å². The van der Waals surface area contributed by atoms with Crippen LogP contribution in [0.15, 0.2) is 36.9 Å². The Morgan fingerprint density at radius 3 is 2.55 bits per heavy atom. The van der Waals surface area contributed by atoms with Gasteiger partial charge < -0.3 is 34.6 Å². The van der Waals surface area contributed by atoms with E-state index < -0.39 is 67.2 Å². The van der Waals surface area contributed by atoms with Crippen molar-refractivity contribution in [1.29, 1.82) is 5.26 Å². The van der Waals surface area contributed by atoms with E-state index in [4.69, 9.17) is 30.9 Å². The van der Waals surface area contributed by atoms with Crippen molar-refractivity contribution < 1.29 is 44.2 Å². The van der Waals surface area contributed by atoms with Crippen LogP contribution in [0.1, 0.15) is 31.7 Å². The molecule has 206 valence electrons. The van der Waals surface area contributed by atoms with E-state index >= 15 is 0 Å². The Kier molecular flexibility index (Phi) is 10.1. The summed E-state index contributed by atoms with van der Waals surface area (Å²) in [4.78, 5) is 26.1. The van der Waals surface area contributed by atoms with Crippen molar-refractivity contribution in [1.82, 2.24) is 14.8 Å². The van der Waals surface area contributed by atoms with Crippen LogP contribution in [0.25, 0.3) is 0 Å². The minimum absolute atomic E-state index is 0.203. The molecule has 1 aliphatic rings. The van der Waals surface area contributed by atoms with Crippen LogP contribution in [0, 0.1) is 11.3 Å². The maximum atomic E-state index is 11.5. The zero-order chi connectivity index (χ0) is 27.9. The van der Waals surface area contributed by atoms with E-state index in [-0.39, 0.29) is 6.54 Å². The van der Waals surface area contributed by atoms with E-state index in [0.29, 0.717) is 23.4 Å². The topological polar surface area (TPSA) is 197 Å². The summed E-state index contributed by atoms with van der Waals surface area (Å²) in [6, 6.07) is 9.28. The fourth-order valence-corrected chi connectivity index (χ4v) is 4.22. The SMILES string of the molecule is CC(CCC(C#N)(Cn1cncn1)c1ccc(Cl)cc1)O[C@@H]1O[C@H](COC(=O)CC(=O)O)[C@@H](O)[C@H](O)[C@H]1O. The molecule has 38 heavy (non-hydrogen) atoms. The average molecular weight is 553 g/mol. The number of rotatable bonds is 12. The molecule has 2 unspecified atom stereocenters. The molecule has 1 aromatic carbocycles. The summed E-state index contributed by atoms with van der Waals surface area (Å²) < 4.78 is 17.7. The Hall–Kier alpha value is -3.12. The second kappa shape index (κ2) is 13.1. The number of nitriles is 1. The van der Waals surface area contributed by atoms with Crippen molar-refractivity contribution >= 4 is 23.5 Å². The molecule has 2 aromatic rings. The van der Waals surface area contributed by atoms with Crippen LogP contribution >= 0.6 is 11.6 Å². The van der Waals surface area contributed by atoms with Crippen LogP contribution in [0.2, 0.25) is 5.02 Å². The highest BCUT2D eigenvalue weighted by molar-refractivity contribution is 6.30. The molecule has 1 fully saturated rings. The van der Waals surface area contributed by atoms with Gasteiger partial charge in [0.2, 0.25) is 0 Å². The molecule has 14 heteroatoms. The van der Waals surface area contributed by atoms with Crippen LogP contribution < -0.4 is 0 Å². The highest BCUT2D eigenvalue weighted by Crippen LogP contribution is 2.33. The highest BCUT2D eigenvalue weighted by atomic mass is 35.5. The number of aliphatic hydroxyl groups excluding tert-OH is 3. The summed E-state index contributed by atoms with van der Waals surface area (Å²) in [5, 5.41) is 54.4. The standard InChI is InChI=1S/C24H29ClN4O9/c1-14(37-23-22(35)21(34)20(33)17(38-23)9-36-19(32)8-18(30)31)6-7-24(10-26,11-29-13-27-12-28-29)15-2-4-16(25)5-3-15/h2-5,12-14,17,20-23,33-35H,6-9,11H2,1H3,(H,30,31)/t14?,17-,20-,21+,22-,23-,24?/m1/s1. The molecule has 0 bridgehead atoms. The molecule has 13 nitrogen and oxygen atoms in total. The highest BCUT2D eigenvalue weighted by Gasteiger charge is 2.45. The normalized spacial score (nSPS) is 25.6. The van der Waals surface area contributed by atoms with Crippen molar-refractivity contribution in [3.05, 3.63) is 47.5 Å². The van der Waals surface area contributed by atoms with Crippen LogP contribution in [0.3, 0.4) is 0 Å². The largest absolute Gasteiger partial charge is 0.481 e. The third-order valence-electron chi connectivity index (χ3n) is 6.23. The van der Waals surface area contributed by atoms with Gasteiger partial charge in [0.25, 0.3) is 0 Å². The van der Waals surface area contributed by atoms with Crippen molar-refractivity contribution in [3.8, 4) is 6.07 Å². The molecular formula is C24H29ClN4O9. The van der Waals surface area contributed by atoms with E-state index in [9.17, 15) is 30.2 Å². The van der Waals surface area contributed by atoms with Crippen molar-refractivity contribution in [2.24, 2.45) is 0 Å². The Bertz CT molecular complexity index is 1110. The predicted octanol–water partition coefficient (Wildman–Crippen LogP) is 0.404. The van der Waals surface area contributed by atoms with E-state index in [0.717, 1.165) is 0 Å². The number of ether oxygens (including phenoxy) is 3. The van der Waals surface area contributed by atoms with Crippen molar-refractivity contribution in [2.45, 2.75) is 75.0 Å². The molecule has 0 amide bonds. The minimum Gasteiger partial charge on any atom is -0.481 e. The van der Waals surface area contributed by atoms with Gasteiger partial charge in [0.05, 0.1) is 18.7 Å². The zero-order valence-electron chi connectivity index (χ0n) is 20.5. The number of esters is 1. The molecular weight excluding hydrogens is 524 g/mol. The van der Waals surface area contributed by atoms with Gasteiger partial charge in [-0.05, 0) is 37.5 Å². The molecule has 0 aliphatic carbocycles. The Balaban J connectivity index is 1.67. The number of halogens is 1. The van der Waals surface area contributed by atoms with Crippen molar-refractivity contribution in [3.63, 3.8) is 0 Å². The zero-order valence-corrected chi connectivity index (χ0v) is 21.2. The second-order valence-electron chi connectivity index (χ2n) is 9.05. The number of aliphatic hydroxyl groups is 3. The third-order valence-corrected chi connectivity index (χ3v) is 6.48. The van der Waals surface area contributed by atoms with Crippen molar-refractivity contribution in [2.75, 3.05) is 6.61 Å². The van der Waals surface area contributed by atoms with Gasteiger partial charge in [0.15, 0.2) is 6.29 Å². The van der Waals surface area contributed by atoms with E-state index in [1.807, 2.05) is 0 Å². The van der Waals surface area contributed by atoms with Crippen LogP contribution in [0.4, 0.5) is 0 Å². The number of hydrogen-bond donors (Lipinski definition) is 4. The molecule has 0 saturated carbocycles. The Morgan fingerprint density at radius 2 is 1.95 bits per heavy atom. The Morgan fingerprint density at radius 1 is 1.24 bits per heavy atom. The van der Waals surface area contributed by atoms with Gasteiger partial charge in [-0.3, -0.25) is 14.3 Å². The van der Waals surface area contributed by atoms with Gasteiger partial charge in [-0.1, -0.05) is 23.7 Å². The number of aromatic nitrogens is 3. The number of carboxylic acid groups (broad SMARTS) is 1.